The summed E-state index contributed by atoms with van der Waals surface area (Å²) in [5, 5.41) is 8.61. The SMILES string of the molecule is Cc1c(CN(C(=O)OC(C)(C)C)C(=O)OC(C)(C)C)cccc1NC(=N)S(=O)(=O)O. The van der Waals surface area contributed by atoms with Crippen molar-refractivity contribution >= 4 is 33.2 Å². The molecule has 3 N–H and O–H groups in total. The van der Waals surface area contributed by atoms with Crippen molar-refractivity contribution in [2.75, 3.05) is 5.32 Å². The minimum atomic E-state index is -4.71. The molecule has 168 valence electrons. The van der Waals surface area contributed by atoms with Crippen molar-refractivity contribution < 1.29 is 32.0 Å². The van der Waals surface area contributed by atoms with E-state index in [1.54, 1.807) is 60.6 Å². The zero-order chi connectivity index (χ0) is 23.5. The molecule has 0 fully saturated rings. The van der Waals surface area contributed by atoms with Crippen molar-refractivity contribution in [1.29, 1.82) is 5.41 Å². The van der Waals surface area contributed by atoms with Gasteiger partial charge in [0.05, 0.1) is 6.54 Å². The standard InChI is InChI=1S/C19H29N3O7S/c1-12-13(9-8-10-14(12)21-15(20)30(25,26)27)11-22(16(23)28-18(2,3)4)17(24)29-19(5,6)7/h8-10H,11H2,1-7H3,(H2,20,21)(H,25,26,27). The first-order valence-electron chi connectivity index (χ1n) is 9.06. The lowest BCUT2D eigenvalue weighted by Crippen LogP contribution is -2.43. The first kappa shape index (κ1) is 25.4. The van der Waals surface area contributed by atoms with Gasteiger partial charge in [-0.3, -0.25) is 9.96 Å². The van der Waals surface area contributed by atoms with Gasteiger partial charge < -0.3 is 14.8 Å². The first-order valence-corrected chi connectivity index (χ1v) is 10.5. The number of rotatable bonds is 3. The van der Waals surface area contributed by atoms with Gasteiger partial charge >= 0.3 is 22.3 Å². The van der Waals surface area contributed by atoms with Crippen LogP contribution in [0.4, 0.5) is 15.3 Å². The molecule has 1 aromatic carbocycles. The second-order valence-electron chi connectivity index (χ2n) is 8.57. The Balaban J connectivity index is 3.26. The van der Waals surface area contributed by atoms with Gasteiger partial charge in [-0.1, -0.05) is 12.1 Å². The number of hydrogen-bond donors (Lipinski definition) is 3. The highest BCUT2D eigenvalue weighted by molar-refractivity contribution is 8.01. The Labute approximate surface area is 176 Å². The van der Waals surface area contributed by atoms with Crippen molar-refractivity contribution in [2.24, 2.45) is 0 Å². The molecule has 0 saturated heterocycles. The van der Waals surface area contributed by atoms with E-state index in [4.69, 9.17) is 19.4 Å². The van der Waals surface area contributed by atoms with Crippen molar-refractivity contribution in [1.82, 2.24) is 4.90 Å². The molecular formula is C19H29N3O7S. The summed E-state index contributed by atoms with van der Waals surface area (Å²) >= 11 is 0. The number of amides is 2. The van der Waals surface area contributed by atoms with Gasteiger partial charge in [-0.25, -0.2) is 14.5 Å². The van der Waals surface area contributed by atoms with Crippen LogP contribution in [-0.2, 0) is 26.1 Å². The number of benzene rings is 1. The zero-order valence-corrected chi connectivity index (χ0v) is 19.0. The number of nitrogens with one attached hydrogen (secondary N) is 2. The number of carbonyl (C=O) groups excluding carboxylic acids is 2. The largest absolute Gasteiger partial charge is 0.443 e. The second-order valence-corrected chi connectivity index (χ2v) is 9.92. The molecule has 0 atom stereocenters. The molecule has 0 aromatic heterocycles. The topological polar surface area (TPSA) is 146 Å². The Morgan fingerprint density at radius 3 is 1.93 bits per heavy atom. The van der Waals surface area contributed by atoms with Gasteiger partial charge in [-0.2, -0.15) is 8.42 Å². The molecule has 0 saturated carbocycles. The van der Waals surface area contributed by atoms with Crippen molar-refractivity contribution in [2.45, 2.75) is 66.2 Å². The lowest BCUT2D eigenvalue weighted by Gasteiger charge is -2.29. The molecule has 0 aliphatic heterocycles. The molecule has 0 unspecified atom stereocenters. The van der Waals surface area contributed by atoms with Gasteiger partial charge in [-0.15, -0.1) is 0 Å². The zero-order valence-electron chi connectivity index (χ0n) is 18.2. The van der Waals surface area contributed by atoms with E-state index in [2.05, 4.69) is 5.32 Å². The number of nitrogens with zero attached hydrogens (tertiary/aromatic N) is 1. The van der Waals surface area contributed by atoms with Crippen molar-refractivity contribution in [3.05, 3.63) is 29.3 Å². The summed E-state index contributed by atoms with van der Waals surface area (Å²) in [6, 6.07) is 4.66. The van der Waals surface area contributed by atoms with E-state index < -0.39 is 38.7 Å². The highest BCUT2D eigenvalue weighted by Crippen LogP contribution is 2.23. The van der Waals surface area contributed by atoms with Crippen LogP contribution < -0.4 is 5.32 Å². The van der Waals surface area contributed by atoms with Gasteiger partial charge in [0, 0.05) is 5.69 Å². The third kappa shape index (κ3) is 7.99. The summed E-state index contributed by atoms with van der Waals surface area (Å²) in [7, 11) is -4.71. The van der Waals surface area contributed by atoms with Crippen LogP contribution in [0, 0.1) is 12.3 Å². The predicted molar refractivity (Wildman–Crippen MR) is 112 cm³/mol. The Kier molecular flexibility index (Phi) is 7.62. The molecule has 30 heavy (non-hydrogen) atoms. The van der Waals surface area contributed by atoms with Gasteiger partial charge in [0.25, 0.3) is 0 Å². The minimum absolute atomic E-state index is 0.212. The fraction of sp³-hybridized carbons (Fsp3) is 0.526. The molecule has 0 spiro atoms. The maximum absolute atomic E-state index is 12.6. The normalized spacial score (nSPS) is 12.1. The average Bonchev–Trinajstić information content (AvgIpc) is 2.51. The average molecular weight is 444 g/mol. The summed E-state index contributed by atoms with van der Waals surface area (Å²) in [5.41, 5.74) is -0.549. The lowest BCUT2D eigenvalue weighted by atomic mass is 10.1. The number of amidine groups is 1. The Bertz CT molecular complexity index is 900. The third-order valence-corrected chi connectivity index (χ3v) is 4.13. The molecule has 2 amide bonds. The van der Waals surface area contributed by atoms with Gasteiger partial charge in [0.2, 0.25) is 5.17 Å². The van der Waals surface area contributed by atoms with Crippen molar-refractivity contribution in [3.8, 4) is 0 Å². The monoisotopic (exact) mass is 443 g/mol. The maximum atomic E-state index is 12.6. The summed E-state index contributed by atoms with van der Waals surface area (Å²) in [4.78, 5) is 26.1. The summed E-state index contributed by atoms with van der Waals surface area (Å²) in [5.74, 6) is 0. The highest BCUT2D eigenvalue weighted by atomic mass is 32.2. The van der Waals surface area contributed by atoms with Crippen LogP contribution in [0.3, 0.4) is 0 Å². The Morgan fingerprint density at radius 2 is 1.53 bits per heavy atom. The quantitative estimate of drug-likeness (QED) is 0.362. The van der Waals surface area contributed by atoms with Crippen molar-refractivity contribution in [3.63, 3.8) is 0 Å². The van der Waals surface area contributed by atoms with E-state index in [0.29, 0.717) is 11.1 Å². The van der Waals surface area contributed by atoms with E-state index in [-0.39, 0.29) is 12.2 Å². The molecule has 11 heteroatoms. The number of carbonyl (C=O) groups is 2. The molecular weight excluding hydrogens is 414 g/mol. The Morgan fingerprint density at radius 1 is 1.07 bits per heavy atom. The maximum Gasteiger partial charge on any atom is 0.420 e. The van der Waals surface area contributed by atoms with E-state index in [0.717, 1.165) is 4.90 Å². The van der Waals surface area contributed by atoms with Crippen LogP contribution in [0.2, 0.25) is 0 Å². The summed E-state index contributed by atoms with van der Waals surface area (Å²) < 4.78 is 41.8. The van der Waals surface area contributed by atoms with Crippen LogP contribution in [-0.4, -0.2) is 46.4 Å². The molecule has 0 aliphatic rings. The molecule has 0 radical (unpaired) electrons. The number of anilines is 1. The summed E-state index contributed by atoms with van der Waals surface area (Å²) in [6.45, 7) is 11.4. The number of hydrogen-bond acceptors (Lipinski definition) is 7. The number of ether oxygens (including phenoxy) is 2. The second kappa shape index (κ2) is 9.00. The Hall–Kier alpha value is -2.66. The molecule has 10 nitrogen and oxygen atoms in total. The van der Waals surface area contributed by atoms with Crippen LogP contribution in [0.1, 0.15) is 52.7 Å². The lowest BCUT2D eigenvalue weighted by molar-refractivity contribution is -0.000274. The van der Waals surface area contributed by atoms with E-state index in [1.807, 2.05) is 0 Å². The fourth-order valence-corrected chi connectivity index (χ4v) is 2.42. The predicted octanol–water partition coefficient (Wildman–Crippen LogP) is 3.90. The van der Waals surface area contributed by atoms with Crippen LogP contribution in [0.5, 0.6) is 0 Å². The summed E-state index contributed by atoms with van der Waals surface area (Å²) in [6.07, 6.45) is -1.81. The highest BCUT2D eigenvalue weighted by Gasteiger charge is 2.31. The molecule has 0 bridgehead atoms. The van der Waals surface area contributed by atoms with Crippen LogP contribution in [0.25, 0.3) is 0 Å². The van der Waals surface area contributed by atoms with Gasteiger partial charge in [-0.05, 0) is 65.7 Å². The molecule has 1 rings (SSSR count). The van der Waals surface area contributed by atoms with E-state index in [9.17, 15) is 18.0 Å². The van der Waals surface area contributed by atoms with Gasteiger partial charge in [0.15, 0.2) is 0 Å². The van der Waals surface area contributed by atoms with Crippen LogP contribution in [0.15, 0.2) is 18.2 Å². The minimum Gasteiger partial charge on any atom is -0.443 e. The molecule has 0 aliphatic carbocycles. The third-order valence-electron chi connectivity index (χ3n) is 3.51. The van der Waals surface area contributed by atoms with Crippen LogP contribution >= 0.6 is 0 Å². The molecule has 1 aromatic rings. The number of imide groups is 1. The van der Waals surface area contributed by atoms with Gasteiger partial charge in [0.1, 0.15) is 11.2 Å². The van der Waals surface area contributed by atoms with E-state index in [1.165, 1.54) is 6.07 Å². The smallest absolute Gasteiger partial charge is 0.420 e. The first-order chi connectivity index (χ1) is 13.4. The fourth-order valence-electron chi connectivity index (χ4n) is 2.19. The van der Waals surface area contributed by atoms with E-state index >= 15 is 0 Å². The molecule has 0 heterocycles.